The van der Waals surface area contributed by atoms with Gasteiger partial charge in [0.25, 0.3) is 0 Å². The third-order valence-corrected chi connectivity index (χ3v) is 3.33. The van der Waals surface area contributed by atoms with Crippen molar-refractivity contribution in [1.29, 1.82) is 0 Å². The lowest BCUT2D eigenvalue weighted by Gasteiger charge is -2.22. The monoisotopic (exact) mass is 135 g/mol. The molecule has 54 valence electrons. The van der Waals surface area contributed by atoms with Crippen LogP contribution in [0.5, 0.6) is 0 Å². The first-order valence-electron chi connectivity index (χ1n) is 4.37. The van der Waals surface area contributed by atoms with Crippen LogP contribution < -0.4 is 0 Å². The minimum absolute atomic E-state index is 0.711. The molecule has 1 aliphatic carbocycles. The minimum atomic E-state index is 0.711. The average molecular weight is 135 g/mol. The number of hydrogen-bond donors (Lipinski definition) is 0. The van der Waals surface area contributed by atoms with Crippen LogP contribution in [0.25, 0.3) is 0 Å². The van der Waals surface area contributed by atoms with Crippen LogP contribution in [-0.2, 0) is 0 Å². The molecule has 0 amide bonds. The third kappa shape index (κ3) is 0.458. The van der Waals surface area contributed by atoms with Gasteiger partial charge in [-0.3, -0.25) is 0 Å². The quantitative estimate of drug-likeness (QED) is 0.490. The Morgan fingerprint density at radius 3 is 3.00 bits per heavy atom. The predicted molar refractivity (Wildman–Crippen MR) is 40.6 cm³/mol. The van der Waals surface area contributed by atoms with Gasteiger partial charge in [0.2, 0.25) is 0 Å². The van der Waals surface area contributed by atoms with Gasteiger partial charge in [0, 0.05) is 17.8 Å². The first kappa shape index (κ1) is 5.22. The molecule has 1 heteroatoms. The van der Waals surface area contributed by atoms with Crippen LogP contribution >= 0.6 is 0 Å². The molecule has 0 atom stereocenters. The zero-order valence-corrected chi connectivity index (χ0v) is 6.27. The summed E-state index contributed by atoms with van der Waals surface area (Å²) in [4.78, 5) is 2.67. The average Bonchev–Trinajstić information content (AvgIpc) is 2.40. The molecular weight excluding hydrogens is 122 g/mol. The van der Waals surface area contributed by atoms with Gasteiger partial charge >= 0.3 is 0 Å². The molecule has 0 unspecified atom stereocenters. The lowest BCUT2D eigenvalue weighted by Crippen LogP contribution is -2.27. The van der Waals surface area contributed by atoms with Gasteiger partial charge in [-0.05, 0) is 32.1 Å². The molecule has 3 aliphatic rings. The topological polar surface area (TPSA) is 3.24 Å². The summed E-state index contributed by atoms with van der Waals surface area (Å²) in [6.45, 7) is 1.33. The zero-order valence-electron chi connectivity index (χ0n) is 6.27. The summed E-state index contributed by atoms with van der Waals surface area (Å²) in [6.07, 6.45) is 9.54. The van der Waals surface area contributed by atoms with Crippen LogP contribution in [0.1, 0.15) is 32.1 Å². The second-order valence-electron chi connectivity index (χ2n) is 3.86. The zero-order chi connectivity index (χ0) is 6.60. The molecule has 1 spiro atoms. The van der Waals surface area contributed by atoms with E-state index in [0.717, 1.165) is 0 Å². The van der Waals surface area contributed by atoms with Crippen molar-refractivity contribution in [2.24, 2.45) is 0 Å². The Morgan fingerprint density at radius 1 is 1.30 bits per heavy atom. The fraction of sp³-hybridized carbons (Fsp3) is 0.778. The molecule has 0 aromatic carbocycles. The van der Waals surface area contributed by atoms with Gasteiger partial charge in [-0.2, -0.15) is 0 Å². The van der Waals surface area contributed by atoms with Crippen LogP contribution in [0.15, 0.2) is 11.8 Å². The fourth-order valence-corrected chi connectivity index (χ4v) is 2.55. The van der Waals surface area contributed by atoms with Gasteiger partial charge in [0.1, 0.15) is 0 Å². The van der Waals surface area contributed by atoms with Crippen molar-refractivity contribution in [3.05, 3.63) is 11.8 Å². The third-order valence-electron chi connectivity index (χ3n) is 3.33. The molecule has 1 saturated carbocycles. The van der Waals surface area contributed by atoms with Crippen LogP contribution in [0.4, 0.5) is 0 Å². The van der Waals surface area contributed by atoms with Gasteiger partial charge in [0.05, 0.1) is 0 Å². The van der Waals surface area contributed by atoms with Crippen molar-refractivity contribution in [1.82, 2.24) is 4.90 Å². The second-order valence-corrected chi connectivity index (χ2v) is 3.86. The van der Waals surface area contributed by atoms with Crippen molar-refractivity contribution in [3.8, 4) is 0 Å². The summed E-state index contributed by atoms with van der Waals surface area (Å²) < 4.78 is 0. The Morgan fingerprint density at radius 2 is 2.20 bits per heavy atom. The molecule has 2 fully saturated rings. The molecule has 1 nitrogen and oxygen atoms in total. The first-order chi connectivity index (χ1) is 4.91. The first-order valence-corrected chi connectivity index (χ1v) is 4.37. The normalized spacial score (nSPS) is 32.8. The van der Waals surface area contributed by atoms with Gasteiger partial charge in [-0.15, -0.1) is 0 Å². The van der Waals surface area contributed by atoms with E-state index in [4.69, 9.17) is 0 Å². The number of allylic oxidation sites excluding steroid dienone is 1. The highest BCUT2D eigenvalue weighted by molar-refractivity contribution is 5.24. The number of hydrogen-bond acceptors (Lipinski definition) is 1. The molecule has 3 rings (SSSR count). The largest absolute Gasteiger partial charge is 0.369 e. The van der Waals surface area contributed by atoms with Crippen molar-refractivity contribution in [2.45, 2.75) is 37.6 Å². The van der Waals surface area contributed by atoms with Crippen LogP contribution in [0.3, 0.4) is 0 Å². The Bertz CT molecular complexity index is 201. The molecule has 2 aliphatic heterocycles. The van der Waals surface area contributed by atoms with Gasteiger partial charge in [-0.25, -0.2) is 0 Å². The molecule has 10 heavy (non-hydrogen) atoms. The van der Waals surface area contributed by atoms with Gasteiger partial charge in [0.15, 0.2) is 0 Å². The maximum absolute atomic E-state index is 2.67. The lowest BCUT2D eigenvalue weighted by atomic mass is 10.2. The van der Waals surface area contributed by atoms with E-state index in [0.29, 0.717) is 5.54 Å². The van der Waals surface area contributed by atoms with Crippen molar-refractivity contribution >= 4 is 0 Å². The summed E-state index contributed by atoms with van der Waals surface area (Å²) in [5.74, 6) is 0. The van der Waals surface area contributed by atoms with Crippen molar-refractivity contribution in [2.75, 3.05) is 6.54 Å². The smallest absolute Gasteiger partial charge is 0.0404 e. The van der Waals surface area contributed by atoms with Crippen molar-refractivity contribution < 1.29 is 0 Å². The minimum Gasteiger partial charge on any atom is -0.369 e. The number of rotatable bonds is 0. The molecule has 0 aromatic rings. The number of fused-ring (bicyclic) bond motifs is 2. The standard InChI is InChI=1S/C9H13N/c1-2-8-3-4-9(5-6-9)10(8)7-1/h2H,1,3-7H2. The van der Waals surface area contributed by atoms with E-state index in [1.54, 1.807) is 5.70 Å². The van der Waals surface area contributed by atoms with Crippen LogP contribution in [0.2, 0.25) is 0 Å². The highest BCUT2D eigenvalue weighted by Crippen LogP contribution is 2.54. The van der Waals surface area contributed by atoms with Crippen LogP contribution in [0, 0.1) is 0 Å². The van der Waals surface area contributed by atoms with Crippen LogP contribution in [-0.4, -0.2) is 17.0 Å². The van der Waals surface area contributed by atoms with E-state index in [-0.39, 0.29) is 0 Å². The Kier molecular flexibility index (Phi) is 0.738. The summed E-state index contributed by atoms with van der Waals surface area (Å²) in [7, 11) is 0. The van der Waals surface area contributed by atoms with Crippen molar-refractivity contribution in [3.63, 3.8) is 0 Å². The lowest BCUT2D eigenvalue weighted by molar-refractivity contribution is 0.295. The maximum Gasteiger partial charge on any atom is 0.0404 e. The van der Waals surface area contributed by atoms with E-state index >= 15 is 0 Å². The summed E-state index contributed by atoms with van der Waals surface area (Å²) >= 11 is 0. The molecule has 0 bridgehead atoms. The molecule has 0 aromatic heterocycles. The molecule has 1 saturated heterocycles. The summed E-state index contributed by atoms with van der Waals surface area (Å²) in [6, 6.07) is 0. The Balaban J connectivity index is 2.00. The second kappa shape index (κ2) is 1.41. The fourth-order valence-electron chi connectivity index (χ4n) is 2.55. The predicted octanol–water partition coefficient (Wildman–Crippen LogP) is 1.90. The Labute approximate surface area is 61.7 Å². The SMILES string of the molecule is C1=C2CCC3(CC3)N2CC1. The molecular formula is C9H13N. The maximum atomic E-state index is 2.67. The summed E-state index contributed by atoms with van der Waals surface area (Å²) in [5, 5.41) is 0. The highest BCUT2D eigenvalue weighted by atomic mass is 15.3. The van der Waals surface area contributed by atoms with E-state index in [1.807, 2.05) is 0 Å². The van der Waals surface area contributed by atoms with E-state index in [1.165, 1.54) is 38.6 Å². The molecule has 0 N–H and O–H groups in total. The van der Waals surface area contributed by atoms with E-state index < -0.39 is 0 Å². The molecule has 0 radical (unpaired) electrons. The highest BCUT2D eigenvalue weighted by Gasteiger charge is 2.52. The Hall–Kier alpha value is -0.460. The number of nitrogens with zero attached hydrogens (tertiary/aromatic N) is 1. The van der Waals surface area contributed by atoms with E-state index in [9.17, 15) is 0 Å². The van der Waals surface area contributed by atoms with Gasteiger partial charge in [-0.1, -0.05) is 6.08 Å². The van der Waals surface area contributed by atoms with E-state index in [2.05, 4.69) is 11.0 Å². The van der Waals surface area contributed by atoms with Gasteiger partial charge < -0.3 is 4.90 Å². The summed E-state index contributed by atoms with van der Waals surface area (Å²) in [5.41, 5.74) is 2.38. The molecule has 2 heterocycles.